The minimum absolute atomic E-state index is 0.0979. The molecule has 5 aliphatic rings. The molecular formula is C27H27FN4O6S2. The van der Waals surface area contributed by atoms with E-state index in [9.17, 15) is 31.1 Å². The molecule has 210 valence electrons. The van der Waals surface area contributed by atoms with Gasteiger partial charge < -0.3 is 15.3 Å². The van der Waals surface area contributed by atoms with Crippen molar-refractivity contribution < 1.29 is 31.1 Å². The molecule has 13 heteroatoms. The average molecular weight is 587 g/mol. The van der Waals surface area contributed by atoms with Crippen LogP contribution in [0.15, 0.2) is 63.1 Å². The zero-order chi connectivity index (χ0) is 28.0. The van der Waals surface area contributed by atoms with E-state index < -0.39 is 37.0 Å². The van der Waals surface area contributed by atoms with Crippen molar-refractivity contribution in [2.24, 2.45) is 22.2 Å². The predicted octanol–water partition coefficient (Wildman–Crippen LogP) is 3.51. The molecule has 3 saturated carbocycles. The van der Waals surface area contributed by atoms with Gasteiger partial charge in [0, 0.05) is 24.2 Å². The number of benzene rings is 2. The summed E-state index contributed by atoms with van der Waals surface area (Å²) in [5.74, 6) is -1.34. The number of fused-ring (bicyclic) bond motifs is 6. The topological polar surface area (TPSA) is 145 Å². The molecule has 0 spiro atoms. The van der Waals surface area contributed by atoms with Crippen molar-refractivity contribution in [3.63, 3.8) is 0 Å². The SMILES string of the molecule is O=C1C(C2=NS(=O)(=O)c3cc(NS(=O)(=O)C4CC4)ccc3N2)=C(O)C2C([C@@H]3CC[C@H]2C3)N1Cc1ccc(F)cc1. The Labute approximate surface area is 231 Å². The predicted molar refractivity (Wildman–Crippen MR) is 145 cm³/mol. The zero-order valence-corrected chi connectivity index (χ0v) is 22.9. The van der Waals surface area contributed by atoms with Crippen LogP contribution in [0.3, 0.4) is 0 Å². The van der Waals surface area contributed by atoms with Crippen LogP contribution in [-0.4, -0.2) is 49.9 Å². The van der Waals surface area contributed by atoms with Gasteiger partial charge in [0.2, 0.25) is 10.0 Å². The van der Waals surface area contributed by atoms with Crippen molar-refractivity contribution >= 4 is 43.2 Å². The zero-order valence-electron chi connectivity index (χ0n) is 21.2. The summed E-state index contributed by atoms with van der Waals surface area (Å²) in [7, 11) is -7.96. The summed E-state index contributed by atoms with van der Waals surface area (Å²) < 4.78 is 71.1. The molecule has 4 atom stereocenters. The van der Waals surface area contributed by atoms with Gasteiger partial charge in [0.1, 0.15) is 22.0 Å². The van der Waals surface area contributed by atoms with E-state index in [2.05, 4.69) is 14.4 Å². The van der Waals surface area contributed by atoms with Crippen LogP contribution in [-0.2, 0) is 31.4 Å². The Balaban J connectivity index is 1.25. The molecule has 0 radical (unpaired) electrons. The Morgan fingerprint density at radius 1 is 1.07 bits per heavy atom. The molecule has 3 fully saturated rings. The van der Waals surface area contributed by atoms with E-state index in [1.54, 1.807) is 17.0 Å². The van der Waals surface area contributed by atoms with Crippen LogP contribution in [0.1, 0.15) is 37.7 Å². The molecular weight excluding hydrogens is 559 g/mol. The van der Waals surface area contributed by atoms with Gasteiger partial charge in [0.05, 0.1) is 10.9 Å². The minimum atomic E-state index is -4.35. The molecule has 7 rings (SSSR count). The Hall–Kier alpha value is -3.45. The lowest BCUT2D eigenvalue weighted by molar-refractivity contribution is -0.134. The number of rotatable bonds is 6. The second kappa shape index (κ2) is 8.77. The number of sulfonamides is 2. The first-order valence-corrected chi connectivity index (χ1v) is 16.3. The molecule has 2 heterocycles. The van der Waals surface area contributed by atoms with Crippen molar-refractivity contribution in [1.82, 2.24) is 4.90 Å². The van der Waals surface area contributed by atoms with Crippen LogP contribution in [0.4, 0.5) is 15.8 Å². The number of hydrogen-bond acceptors (Lipinski definition) is 7. The van der Waals surface area contributed by atoms with Gasteiger partial charge in [-0.15, -0.1) is 4.40 Å². The molecule has 10 nitrogen and oxygen atoms in total. The van der Waals surface area contributed by atoms with Crippen molar-refractivity contribution in [3.05, 3.63) is 65.2 Å². The third-order valence-electron chi connectivity index (χ3n) is 8.73. The third-order valence-corrected chi connectivity index (χ3v) is 11.9. The summed E-state index contributed by atoms with van der Waals surface area (Å²) in [6.45, 7) is 0.182. The summed E-state index contributed by atoms with van der Waals surface area (Å²) in [4.78, 5) is 15.4. The smallest absolute Gasteiger partial charge is 0.286 e. The third kappa shape index (κ3) is 4.09. The lowest BCUT2D eigenvalue weighted by atomic mass is 9.77. The number of halogens is 1. The van der Waals surface area contributed by atoms with Crippen molar-refractivity contribution in [3.8, 4) is 0 Å². The molecule has 0 aromatic heterocycles. The number of nitrogens with one attached hydrogen (secondary N) is 2. The molecule has 2 aliphatic heterocycles. The largest absolute Gasteiger partial charge is 0.511 e. The highest BCUT2D eigenvalue weighted by molar-refractivity contribution is 7.93. The number of nitrogens with zero attached hydrogens (tertiary/aromatic N) is 2. The van der Waals surface area contributed by atoms with E-state index in [0.717, 1.165) is 24.8 Å². The lowest BCUT2D eigenvalue weighted by Crippen LogP contribution is -2.53. The van der Waals surface area contributed by atoms with Crippen LogP contribution >= 0.6 is 0 Å². The Morgan fingerprint density at radius 2 is 1.80 bits per heavy atom. The fourth-order valence-electron chi connectivity index (χ4n) is 6.79. The highest BCUT2D eigenvalue weighted by Crippen LogP contribution is 2.55. The van der Waals surface area contributed by atoms with Gasteiger partial charge in [-0.25, -0.2) is 12.8 Å². The molecule has 3 aliphatic carbocycles. The average Bonchev–Trinajstić information content (AvgIpc) is 3.58. The molecule has 2 aromatic carbocycles. The van der Waals surface area contributed by atoms with Crippen molar-refractivity contribution in [2.45, 2.75) is 54.8 Å². The Morgan fingerprint density at radius 3 is 2.52 bits per heavy atom. The number of amidine groups is 1. The van der Waals surface area contributed by atoms with E-state index in [1.807, 2.05) is 0 Å². The maximum Gasteiger partial charge on any atom is 0.286 e. The normalized spacial score (nSPS) is 28.6. The van der Waals surface area contributed by atoms with Gasteiger partial charge in [-0.1, -0.05) is 12.1 Å². The Kier molecular flexibility index (Phi) is 5.60. The Bertz CT molecular complexity index is 1720. The van der Waals surface area contributed by atoms with E-state index in [-0.39, 0.29) is 63.8 Å². The van der Waals surface area contributed by atoms with Gasteiger partial charge in [-0.3, -0.25) is 9.52 Å². The quantitative estimate of drug-likeness (QED) is 0.470. The number of amides is 1. The second-order valence-electron chi connectivity index (χ2n) is 11.3. The summed E-state index contributed by atoms with van der Waals surface area (Å²) in [6.07, 6.45) is 3.82. The maximum absolute atomic E-state index is 14.0. The maximum atomic E-state index is 14.0. The summed E-state index contributed by atoms with van der Waals surface area (Å²) in [6, 6.07) is 9.67. The highest BCUT2D eigenvalue weighted by Gasteiger charge is 2.57. The van der Waals surface area contributed by atoms with E-state index in [0.29, 0.717) is 12.8 Å². The van der Waals surface area contributed by atoms with Crippen LogP contribution in [0.25, 0.3) is 0 Å². The van der Waals surface area contributed by atoms with Gasteiger partial charge in [-0.2, -0.15) is 8.42 Å². The first-order chi connectivity index (χ1) is 19.0. The number of aliphatic hydroxyl groups excluding tert-OH is 1. The van der Waals surface area contributed by atoms with Crippen molar-refractivity contribution in [2.75, 3.05) is 10.0 Å². The summed E-state index contributed by atoms with van der Waals surface area (Å²) in [5.41, 5.74) is 0.742. The van der Waals surface area contributed by atoms with Crippen LogP contribution < -0.4 is 10.0 Å². The minimum Gasteiger partial charge on any atom is -0.511 e. The van der Waals surface area contributed by atoms with Gasteiger partial charge in [-0.05, 0) is 79.8 Å². The highest BCUT2D eigenvalue weighted by atomic mass is 32.2. The first kappa shape index (κ1) is 25.5. The van der Waals surface area contributed by atoms with Crippen LogP contribution in [0.2, 0.25) is 0 Å². The van der Waals surface area contributed by atoms with Gasteiger partial charge in [0.25, 0.3) is 15.9 Å². The van der Waals surface area contributed by atoms with Crippen LogP contribution in [0, 0.1) is 23.6 Å². The van der Waals surface area contributed by atoms with E-state index in [4.69, 9.17) is 0 Å². The summed E-state index contributed by atoms with van der Waals surface area (Å²) in [5, 5.41) is 13.9. The number of anilines is 2. The molecule has 3 N–H and O–H groups in total. The summed E-state index contributed by atoms with van der Waals surface area (Å²) >= 11 is 0. The molecule has 40 heavy (non-hydrogen) atoms. The van der Waals surface area contributed by atoms with Crippen molar-refractivity contribution in [1.29, 1.82) is 0 Å². The van der Waals surface area contributed by atoms with Crippen LogP contribution in [0.5, 0.6) is 0 Å². The standard InChI is InChI=1S/C27H27FN4O6S2/c28-17-5-1-14(2-6-17)13-32-24-16-4-3-15(11-16)22(24)25(33)23(27(32)34)26-29-20-10-7-18(12-21(20)40(37,38)31-26)30-39(35,36)19-8-9-19/h1-2,5-7,10,12,15-16,19,22,24,30,33H,3-4,8-9,11,13H2,(H,29,31)/t15-,16+,22?,24?/m0/s1. The van der Waals surface area contributed by atoms with E-state index in [1.165, 1.54) is 30.3 Å². The molecule has 0 saturated heterocycles. The first-order valence-electron chi connectivity index (χ1n) is 13.3. The number of carbonyl (C=O) groups is 1. The second-order valence-corrected chi connectivity index (χ2v) is 14.8. The lowest BCUT2D eigenvalue weighted by Gasteiger charge is -2.44. The fourth-order valence-corrected chi connectivity index (χ4v) is 9.32. The molecule has 1 amide bonds. The number of carbonyl (C=O) groups excluding carboxylic acids is 1. The monoisotopic (exact) mass is 586 g/mol. The van der Waals surface area contributed by atoms with E-state index >= 15 is 0 Å². The fraction of sp³-hybridized carbons (Fsp3) is 0.407. The van der Waals surface area contributed by atoms with Gasteiger partial charge in [0.15, 0.2) is 5.84 Å². The number of hydrogen-bond donors (Lipinski definition) is 3. The number of aliphatic hydroxyl groups is 1. The molecule has 2 bridgehead atoms. The molecule has 2 unspecified atom stereocenters. The van der Waals surface area contributed by atoms with Gasteiger partial charge >= 0.3 is 0 Å². The molecule has 2 aromatic rings.